The maximum atomic E-state index is 13.1. The van der Waals surface area contributed by atoms with Crippen LogP contribution >= 0.6 is 0 Å². The van der Waals surface area contributed by atoms with E-state index in [0.29, 0.717) is 18.0 Å². The number of hydrogen-bond acceptors (Lipinski definition) is 3. The number of allylic oxidation sites excluding steroid dienone is 6. The second-order valence-electron chi connectivity index (χ2n) is 10.1. The summed E-state index contributed by atoms with van der Waals surface area (Å²) < 4.78 is 5.51. The van der Waals surface area contributed by atoms with Gasteiger partial charge in [0.25, 0.3) is 5.91 Å². The van der Waals surface area contributed by atoms with Crippen LogP contribution in [-0.4, -0.2) is 24.5 Å². The van der Waals surface area contributed by atoms with Gasteiger partial charge in [-0.2, -0.15) is 0 Å². The van der Waals surface area contributed by atoms with E-state index in [1.165, 1.54) is 5.57 Å². The molecule has 0 aliphatic heterocycles. The van der Waals surface area contributed by atoms with Crippen LogP contribution in [0.15, 0.2) is 53.4 Å². The highest BCUT2D eigenvalue weighted by Gasteiger charge is 2.15. The number of pyridine rings is 1. The van der Waals surface area contributed by atoms with E-state index in [9.17, 15) is 4.79 Å². The molecule has 0 saturated carbocycles. The Morgan fingerprint density at radius 1 is 1.29 bits per heavy atom. The molecule has 4 heteroatoms. The Hall–Kier alpha value is -2.88. The molecular weight excluding hydrogens is 420 g/mol. The number of carbonyl (C=O) groups is 1. The number of nitrogens with zero attached hydrogens (tertiary/aromatic N) is 1. The third kappa shape index (κ3) is 7.86. The summed E-state index contributed by atoms with van der Waals surface area (Å²) in [7, 11) is 1.66. The topological polar surface area (TPSA) is 51.2 Å². The Balaban J connectivity index is 2.28. The Morgan fingerprint density at radius 3 is 2.68 bits per heavy atom. The third-order valence-electron chi connectivity index (χ3n) is 6.10. The molecule has 4 nitrogen and oxygen atoms in total. The number of ether oxygens (including phenoxy) is 1. The van der Waals surface area contributed by atoms with Crippen LogP contribution in [0.2, 0.25) is 0 Å². The Bertz CT molecular complexity index is 1110. The van der Waals surface area contributed by atoms with Gasteiger partial charge in [-0.15, -0.1) is 0 Å². The van der Waals surface area contributed by atoms with Crippen molar-refractivity contribution in [1.82, 2.24) is 10.3 Å². The van der Waals surface area contributed by atoms with Crippen LogP contribution < -0.4 is 15.9 Å². The fourth-order valence-electron chi connectivity index (χ4n) is 3.71. The molecule has 1 atom stereocenters. The van der Waals surface area contributed by atoms with Gasteiger partial charge in [-0.3, -0.25) is 9.78 Å². The van der Waals surface area contributed by atoms with Gasteiger partial charge in [0.15, 0.2) is 0 Å². The van der Waals surface area contributed by atoms with Gasteiger partial charge in [0, 0.05) is 17.3 Å². The summed E-state index contributed by atoms with van der Waals surface area (Å²) in [5.74, 6) is 1.14. The zero-order chi connectivity index (χ0) is 25.3. The number of hydrogen-bond donors (Lipinski definition) is 1. The van der Waals surface area contributed by atoms with Gasteiger partial charge < -0.3 is 10.1 Å². The van der Waals surface area contributed by atoms with Crippen LogP contribution in [0.3, 0.4) is 0 Å². The highest BCUT2D eigenvalue weighted by Crippen LogP contribution is 2.27. The summed E-state index contributed by atoms with van der Waals surface area (Å²) in [6, 6.07) is 1.94. The van der Waals surface area contributed by atoms with Crippen molar-refractivity contribution >= 4 is 18.1 Å². The molecule has 184 valence electrons. The lowest BCUT2D eigenvalue weighted by molar-refractivity contribution is 0.0955. The molecule has 1 aliphatic carbocycles. The second-order valence-corrected chi connectivity index (χ2v) is 10.1. The van der Waals surface area contributed by atoms with Gasteiger partial charge in [-0.25, -0.2) is 0 Å². The summed E-state index contributed by atoms with van der Waals surface area (Å²) in [5.41, 5.74) is 3.60. The van der Waals surface area contributed by atoms with E-state index >= 15 is 0 Å². The van der Waals surface area contributed by atoms with Crippen molar-refractivity contribution in [3.63, 3.8) is 0 Å². The van der Waals surface area contributed by atoms with Gasteiger partial charge in [0.05, 0.1) is 29.5 Å². The quantitative estimate of drug-likeness (QED) is 0.408. The minimum atomic E-state index is -0.131. The van der Waals surface area contributed by atoms with Gasteiger partial charge in [-0.1, -0.05) is 83.6 Å². The number of amides is 1. The zero-order valence-electron chi connectivity index (χ0n) is 22.3. The first-order chi connectivity index (χ1) is 16.1. The van der Waals surface area contributed by atoms with Crippen LogP contribution in [0.25, 0.3) is 12.2 Å². The zero-order valence-corrected chi connectivity index (χ0v) is 22.3. The summed E-state index contributed by atoms with van der Waals surface area (Å²) in [5, 5.41) is 4.99. The Morgan fingerprint density at radius 2 is 2.03 bits per heavy atom. The van der Waals surface area contributed by atoms with Crippen molar-refractivity contribution in [3.05, 3.63) is 75.2 Å². The fourth-order valence-corrected chi connectivity index (χ4v) is 3.71. The number of nitrogens with one attached hydrogen (secondary N) is 1. The first-order valence-electron chi connectivity index (χ1n) is 12.3. The molecule has 1 amide bonds. The van der Waals surface area contributed by atoms with E-state index in [1.807, 2.05) is 26.0 Å². The van der Waals surface area contributed by atoms with Crippen molar-refractivity contribution < 1.29 is 9.53 Å². The molecule has 1 unspecified atom stereocenters. The molecule has 0 fully saturated rings. The summed E-state index contributed by atoms with van der Waals surface area (Å²) >= 11 is 0. The monoisotopic (exact) mass is 462 g/mol. The van der Waals surface area contributed by atoms with E-state index in [0.717, 1.165) is 46.9 Å². The number of rotatable bonds is 8. The number of unbranched alkanes of at least 4 members (excludes halogenated alkanes) is 1. The number of carbonyl (C=O) groups excluding carboxylic acids is 1. The van der Waals surface area contributed by atoms with Crippen molar-refractivity contribution in [2.24, 2.45) is 11.3 Å². The Labute approximate surface area is 205 Å². The molecular formula is C30H42N2O2. The maximum absolute atomic E-state index is 13.1. The molecule has 1 aromatic rings. The number of aromatic nitrogens is 1. The normalized spacial score (nSPS) is 17.2. The van der Waals surface area contributed by atoms with Gasteiger partial charge in [-0.05, 0) is 49.7 Å². The van der Waals surface area contributed by atoms with Crippen LogP contribution in [0.5, 0.6) is 0 Å². The number of methoxy groups -OCH3 is 1. The molecule has 34 heavy (non-hydrogen) atoms. The highest BCUT2D eigenvalue weighted by molar-refractivity contribution is 5.95. The lowest BCUT2D eigenvalue weighted by Gasteiger charge is -2.21. The molecule has 1 heterocycles. The van der Waals surface area contributed by atoms with Crippen molar-refractivity contribution in [1.29, 1.82) is 0 Å². The summed E-state index contributed by atoms with van der Waals surface area (Å²) in [6.07, 6.45) is 18.0. The van der Waals surface area contributed by atoms with Gasteiger partial charge in [0.2, 0.25) is 0 Å². The van der Waals surface area contributed by atoms with Gasteiger partial charge in [0.1, 0.15) is 0 Å². The van der Waals surface area contributed by atoms with Crippen LogP contribution in [-0.2, 0) is 4.74 Å². The van der Waals surface area contributed by atoms with Crippen molar-refractivity contribution in [2.75, 3.05) is 13.7 Å². The smallest absolute Gasteiger partial charge is 0.253 e. The van der Waals surface area contributed by atoms with E-state index < -0.39 is 0 Å². The molecule has 1 aliphatic rings. The van der Waals surface area contributed by atoms with Gasteiger partial charge >= 0.3 is 0 Å². The molecule has 0 radical (unpaired) electrons. The summed E-state index contributed by atoms with van der Waals surface area (Å²) in [6.45, 7) is 15.2. The molecule has 2 rings (SSSR count). The minimum Gasteiger partial charge on any atom is -0.501 e. The minimum absolute atomic E-state index is 0.0459. The summed E-state index contributed by atoms with van der Waals surface area (Å²) in [4.78, 5) is 17.8. The maximum Gasteiger partial charge on any atom is 0.253 e. The lowest BCUT2D eigenvalue weighted by Crippen LogP contribution is -2.34. The average molecular weight is 463 g/mol. The van der Waals surface area contributed by atoms with E-state index in [-0.39, 0.29) is 11.3 Å². The van der Waals surface area contributed by atoms with E-state index in [2.05, 4.69) is 76.4 Å². The highest BCUT2D eigenvalue weighted by atomic mass is 16.5. The van der Waals surface area contributed by atoms with Crippen LogP contribution in [0, 0.1) is 18.3 Å². The van der Waals surface area contributed by atoms with Crippen LogP contribution in [0.1, 0.15) is 76.9 Å². The SMILES string of the molecule is CCCC=C(C=CC(CNC(=O)c1cc2c(nc1C)=CCC(C)C=CC=2)=C(C)OC)C(C)(C)C. The molecule has 0 aromatic carbocycles. The first kappa shape index (κ1) is 27.4. The van der Waals surface area contributed by atoms with Crippen molar-refractivity contribution in [2.45, 2.75) is 67.7 Å². The van der Waals surface area contributed by atoms with E-state index in [1.54, 1.807) is 7.11 Å². The molecule has 0 spiro atoms. The van der Waals surface area contributed by atoms with Crippen LogP contribution in [0.4, 0.5) is 0 Å². The second kappa shape index (κ2) is 12.5. The van der Waals surface area contributed by atoms with E-state index in [4.69, 9.17) is 9.72 Å². The standard InChI is InChI=1S/C30H42N2O2/c1-9-10-14-26(30(5,6)7)17-16-25(23(4)34-8)20-31-29(33)27-19-24-13-11-12-21(2)15-18-28(24)32-22(27)3/h11-14,16-19,21H,9-10,15,20H2,1-8H3,(H,31,33). The average Bonchev–Trinajstić information content (AvgIpc) is 2.77. The predicted molar refractivity (Wildman–Crippen MR) is 144 cm³/mol. The fraction of sp³-hybridized carbons (Fsp3) is 0.467. The number of aryl methyl sites for hydroxylation is 1. The third-order valence-corrected chi connectivity index (χ3v) is 6.10. The van der Waals surface area contributed by atoms with Crippen molar-refractivity contribution in [3.8, 4) is 0 Å². The number of fused-ring (bicyclic) bond motifs is 1. The molecule has 0 saturated heterocycles. The Kier molecular flexibility index (Phi) is 10.1. The molecule has 0 bridgehead atoms. The molecule has 1 aromatic heterocycles. The first-order valence-corrected chi connectivity index (χ1v) is 12.3. The lowest BCUT2D eigenvalue weighted by atomic mass is 9.85. The molecule has 1 N–H and O–H groups in total. The largest absolute Gasteiger partial charge is 0.501 e. The predicted octanol–water partition coefficient (Wildman–Crippen LogP) is 5.53.